The van der Waals surface area contributed by atoms with Gasteiger partial charge in [-0.05, 0) is 37.0 Å². The Bertz CT molecular complexity index is 557. The Kier molecular flexibility index (Phi) is 3.50. The maximum Gasteiger partial charge on any atom is 0.0648 e. The largest absolute Gasteiger partial charge is 0.324 e. The van der Waals surface area contributed by atoms with Gasteiger partial charge >= 0.3 is 0 Å². The van der Waals surface area contributed by atoms with E-state index in [2.05, 4.69) is 57.1 Å². The van der Waals surface area contributed by atoms with Crippen molar-refractivity contribution in [2.45, 2.75) is 46.1 Å². The summed E-state index contributed by atoms with van der Waals surface area (Å²) in [6.07, 6.45) is 1.86. The van der Waals surface area contributed by atoms with Crippen LogP contribution in [0.2, 0.25) is 0 Å². The molecule has 1 aromatic heterocycles. The van der Waals surface area contributed by atoms with Crippen LogP contribution in [0.4, 0.5) is 0 Å². The molecule has 1 aromatic carbocycles. The summed E-state index contributed by atoms with van der Waals surface area (Å²) in [6.45, 7) is 10.7. The molecule has 2 aromatic rings. The molecule has 19 heavy (non-hydrogen) atoms. The lowest BCUT2D eigenvalue weighted by Gasteiger charge is -2.19. The van der Waals surface area contributed by atoms with E-state index >= 15 is 0 Å². The molecule has 0 bridgehead atoms. The second kappa shape index (κ2) is 4.82. The van der Waals surface area contributed by atoms with E-state index in [1.807, 2.05) is 17.8 Å². The molecular formula is C16H23N3. The van der Waals surface area contributed by atoms with Gasteiger partial charge in [-0.15, -0.1) is 0 Å². The molecule has 0 saturated carbocycles. The van der Waals surface area contributed by atoms with Gasteiger partial charge in [0.05, 0.1) is 11.9 Å². The molecule has 102 valence electrons. The lowest BCUT2D eigenvalue weighted by Crippen LogP contribution is -2.11. The van der Waals surface area contributed by atoms with Gasteiger partial charge in [0.1, 0.15) is 0 Å². The first-order chi connectivity index (χ1) is 8.80. The Balaban J connectivity index is 2.38. The quantitative estimate of drug-likeness (QED) is 0.895. The van der Waals surface area contributed by atoms with Crippen molar-refractivity contribution < 1.29 is 0 Å². The van der Waals surface area contributed by atoms with Crippen molar-refractivity contribution in [3.8, 4) is 5.69 Å². The minimum atomic E-state index is 0.0163. The van der Waals surface area contributed by atoms with Crippen LogP contribution < -0.4 is 5.73 Å². The normalized spacial score (nSPS) is 13.6. The Labute approximate surface area is 115 Å². The number of aromatic nitrogens is 2. The molecule has 0 fully saturated rings. The predicted molar refractivity (Wildman–Crippen MR) is 79.6 cm³/mol. The van der Waals surface area contributed by atoms with Crippen LogP contribution >= 0.6 is 0 Å². The number of nitrogens with zero attached hydrogens (tertiary/aromatic N) is 2. The molecule has 1 unspecified atom stereocenters. The van der Waals surface area contributed by atoms with Gasteiger partial charge in [-0.25, -0.2) is 4.68 Å². The molecule has 1 heterocycles. The Morgan fingerprint density at radius 3 is 2.16 bits per heavy atom. The molecule has 0 spiro atoms. The van der Waals surface area contributed by atoms with Crippen molar-refractivity contribution in [1.29, 1.82) is 0 Å². The molecule has 2 rings (SSSR count). The van der Waals surface area contributed by atoms with Crippen LogP contribution in [0.3, 0.4) is 0 Å². The van der Waals surface area contributed by atoms with E-state index in [4.69, 9.17) is 5.73 Å². The Morgan fingerprint density at radius 2 is 1.74 bits per heavy atom. The van der Waals surface area contributed by atoms with Crippen molar-refractivity contribution in [2.24, 2.45) is 5.73 Å². The highest BCUT2D eigenvalue weighted by Gasteiger charge is 2.14. The maximum absolute atomic E-state index is 5.93. The van der Waals surface area contributed by atoms with Gasteiger partial charge < -0.3 is 5.73 Å². The van der Waals surface area contributed by atoms with E-state index < -0.39 is 0 Å². The maximum atomic E-state index is 5.93. The van der Waals surface area contributed by atoms with Crippen molar-refractivity contribution in [2.75, 3.05) is 0 Å². The summed E-state index contributed by atoms with van der Waals surface area (Å²) in [5.41, 5.74) is 10.7. The first-order valence-corrected chi connectivity index (χ1v) is 6.71. The topological polar surface area (TPSA) is 43.8 Å². The van der Waals surface area contributed by atoms with Crippen LogP contribution in [0.25, 0.3) is 5.69 Å². The number of nitrogens with two attached hydrogens (primary N) is 1. The second-order valence-electron chi connectivity index (χ2n) is 6.18. The highest BCUT2D eigenvalue weighted by molar-refractivity contribution is 5.39. The highest BCUT2D eigenvalue weighted by Crippen LogP contribution is 2.24. The fraction of sp³-hybridized carbons (Fsp3) is 0.438. The van der Waals surface area contributed by atoms with E-state index in [0.29, 0.717) is 0 Å². The number of hydrogen-bond donors (Lipinski definition) is 1. The van der Waals surface area contributed by atoms with Crippen molar-refractivity contribution >= 4 is 0 Å². The SMILES string of the molecule is Cc1c(C(C)N)cnn1-c1ccc(C(C)(C)C)cc1. The average molecular weight is 257 g/mol. The van der Waals surface area contributed by atoms with Crippen LogP contribution in [0.1, 0.15) is 50.6 Å². The fourth-order valence-electron chi connectivity index (χ4n) is 2.23. The minimum absolute atomic E-state index is 0.0163. The molecule has 3 nitrogen and oxygen atoms in total. The van der Waals surface area contributed by atoms with E-state index in [1.54, 1.807) is 0 Å². The van der Waals surface area contributed by atoms with E-state index in [-0.39, 0.29) is 11.5 Å². The van der Waals surface area contributed by atoms with Gasteiger partial charge in [-0.3, -0.25) is 0 Å². The van der Waals surface area contributed by atoms with Crippen LogP contribution in [0.15, 0.2) is 30.5 Å². The molecule has 0 radical (unpaired) electrons. The summed E-state index contributed by atoms with van der Waals surface area (Å²) in [4.78, 5) is 0. The van der Waals surface area contributed by atoms with Gasteiger partial charge in [0.15, 0.2) is 0 Å². The molecule has 2 N–H and O–H groups in total. The summed E-state index contributed by atoms with van der Waals surface area (Å²) >= 11 is 0. The monoisotopic (exact) mass is 257 g/mol. The molecular weight excluding hydrogens is 234 g/mol. The highest BCUT2D eigenvalue weighted by atomic mass is 15.3. The molecule has 0 aliphatic heterocycles. The molecule has 1 atom stereocenters. The Morgan fingerprint density at radius 1 is 1.16 bits per heavy atom. The number of benzene rings is 1. The average Bonchev–Trinajstić information content (AvgIpc) is 2.70. The fourth-order valence-corrected chi connectivity index (χ4v) is 2.23. The molecule has 0 saturated heterocycles. The van der Waals surface area contributed by atoms with Gasteiger partial charge in [0.25, 0.3) is 0 Å². The standard InChI is InChI=1S/C16H23N3/c1-11(17)15-10-18-19(12(15)2)14-8-6-13(7-9-14)16(3,4)5/h6-11H,17H2,1-5H3. The first kappa shape index (κ1) is 13.8. The summed E-state index contributed by atoms with van der Waals surface area (Å²) in [5, 5.41) is 4.44. The minimum Gasteiger partial charge on any atom is -0.324 e. The van der Waals surface area contributed by atoms with Crippen molar-refractivity contribution in [3.05, 3.63) is 47.3 Å². The lowest BCUT2D eigenvalue weighted by molar-refractivity contribution is 0.590. The van der Waals surface area contributed by atoms with Gasteiger partial charge in [-0.2, -0.15) is 5.10 Å². The van der Waals surface area contributed by atoms with Gasteiger partial charge in [-0.1, -0.05) is 32.9 Å². The zero-order valence-corrected chi connectivity index (χ0v) is 12.4. The van der Waals surface area contributed by atoms with E-state index in [9.17, 15) is 0 Å². The van der Waals surface area contributed by atoms with Crippen LogP contribution in [0, 0.1) is 6.92 Å². The zero-order valence-electron chi connectivity index (χ0n) is 12.4. The molecule has 0 aliphatic carbocycles. The third-order valence-electron chi connectivity index (χ3n) is 3.52. The van der Waals surface area contributed by atoms with Crippen molar-refractivity contribution in [3.63, 3.8) is 0 Å². The number of hydrogen-bond acceptors (Lipinski definition) is 2. The van der Waals surface area contributed by atoms with Gasteiger partial charge in [0.2, 0.25) is 0 Å². The smallest absolute Gasteiger partial charge is 0.0648 e. The third-order valence-corrected chi connectivity index (χ3v) is 3.52. The summed E-state index contributed by atoms with van der Waals surface area (Å²) in [6, 6.07) is 8.59. The summed E-state index contributed by atoms with van der Waals surface area (Å²) < 4.78 is 1.95. The van der Waals surface area contributed by atoms with Crippen LogP contribution in [0.5, 0.6) is 0 Å². The third kappa shape index (κ3) is 2.71. The van der Waals surface area contributed by atoms with Gasteiger partial charge in [0, 0.05) is 17.3 Å². The predicted octanol–water partition coefficient (Wildman–Crippen LogP) is 3.50. The van der Waals surface area contributed by atoms with Crippen LogP contribution in [-0.2, 0) is 5.41 Å². The van der Waals surface area contributed by atoms with E-state index in [0.717, 1.165) is 16.9 Å². The van der Waals surface area contributed by atoms with Crippen LogP contribution in [-0.4, -0.2) is 9.78 Å². The number of rotatable bonds is 2. The summed E-state index contributed by atoms with van der Waals surface area (Å²) in [7, 11) is 0. The first-order valence-electron chi connectivity index (χ1n) is 6.71. The molecule has 0 amide bonds. The second-order valence-corrected chi connectivity index (χ2v) is 6.18. The molecule has 0 aliphatic rings. The van der Waals surface area contributed by atoms with Crippen molar-refractivity contribution in [1.82, 2.24) is 9.78 Å². The van der Waals surface area contributed by atoms with E-state index in [1.165, 1.54) is 5.56 Å². The molecule has 3 heteroatoms. The Hall–Kier alpha value is -1.61. The lowest BCUT2D eigenvalue weighted by atomic mass is 9.87. The summed E-state index contributed by atoms with van der Waals surface area (Å²) in [5.74, 6) is 0. The zero-order chi connectivity index (χ0) is 14.2.